The Hall–Kier alpha value is -4.80. The highest BCUT2D eigenvalue weighted by Gasteiger charge is 2.27. The predicted molar refractivity (Wildman–Crippen MR) is 239 cm³/mol. The van der Waals surface area contributed by atoms with Gasteiger partial charge < -0.3 is 34.4 Å². The molecule has 328 valence electrons. The van der Waals surface area contributed by atoms with Crippen molar-refractivity contribution in [3.05, 3.63) is 129 Å². The van der Waals surface area contributed by atoms with Crippen LogP contribution in [-0.2, 0) is 21.3 Å². The third kappa shape index (κ3) is 14.7. The summed E-state index contributed by atoms with van der Waals surface area (Å²) in [5.41, 5.74) is 2.49. The van der Waals surface area contributed by atoms with Crippen LogP contribution >= 0.6 is 39.1 Å². The Kier molecular flexibility index (Phi) is 19.7. The van der Waals surface area contributed by atoms with Crippen molar-refractivity contribution in [1.29, 1.82) is 0 Å². The molecular formula is C44H51BrCl2F2N6O6. The highest BCUT2D eigenvalue weighted by molar-refractivity contribution is 9.08. The molecule has 4 amide bonds. The lowest BCUT2D eigenvalue weighted by molar-refractivity contribution is 0.0591. The first-order valence-corrected chi connectivity index (χ1v) is 21.6. The van der Waals surface area contributed by atoms with Gasteiger partial charge in [0.1, 0.15) is 11.6 Å². The van der Waals surface area contributed by atoms with E-state index in [0.29, 0.717) is 45.3 Å². The molecular weight excluding hydrogens is 897 g/mol. The van der Waals surface area contributed by atoms with Gasteiger partial charge in [-0.1, -0.05) is 77.2 Å². The summed E-state index contributed by atoms with van der Waals surface area (Å²) in [5.74, 6) is -2.12. The van der Waals surface area contributed by atoms with Gasteiger partial charge in [0.15, 0.2) is 0 Å². The first kappa shape index (κ1) is 48.9. The summed E-state index contributed by atoms with van der Waals surface area (Å²) in [6, 6.07) is 22.3. The number of nitrogens with one attached hydrogen (secondary N) is 1. The second kappa shape index (κ2) is 24.6. The predicted octanol–water partition coefficient (Wildman–Crippen LogP) is 9.05. The van der Waals surface area contributed by atoms with Crippen molar-refractivity contribution in [2.45, 2.75) is 25.7 Å². The van der Waals surface area contributed by atoms with E-state index in [4.69, 9.17) is 23.2 Å². The largest absolute Gasteiger partial charge is 0.465 e. The molecule has 0 spiro atoms. The average molecular weight is 949 g/mol. The second-order valence-corrected chi connectivity index (χ2v) is 15.3. The highest BCUT2D eigenvalue weighted by Crippen LogP contribution is 2.25. The number of methoxy groups -OCH3 is 2. The van der Waals surface area contributed by atoms with Gasteiger partial charge in [-0.05, 0) is 79.3 Å². The van der Waals surface area contributed by atoms with E-state index in [2.05, 4.69) is 54.4 Å². The molecule has 61 heavy (non-hydrogen) atoms. The molecule has 2 saturated heterocycles. The van der Waals surface area contributed by atoms with Crippen LogP contribution < -0.4 is 10.2 Å². The summed E-state index contributed by atoms with van der Waals surface area (Å²) in [4.78, 5) is 57.7. The van der Waals surface area contributed by atoms with E-state index >= 15 is 0 Å². The molecule has 0 aliphatic carbocycles. The minimum atomic E-state index is -0.614. The molecule has 2 heterocycles. The lowest BCUT2D eigenvalue weighted by Crippen LogP contribution is -2.52. The molecule has 0 atom stereocenters. The zero-order chi connectivity index (χ0) is 44.5. The van der Waals surface area contributed by atoms with Crippen LogP contribution in [-0.4, -0.2) is 123 Å². The van der Waals surface area contributed by atoms with Crippen LogP contribution in [0.1, 0.15) is 45.7 Å². The first-order valence-electron chi connectivity index (χ1n) is 19.7. The van der Waals surface area contributed by atoms with Crippen molar-refractivity contribution in [2.75, 3.05) is 89.9 Å². The fraction of sp³-hybridized carbons (Fsp3) is 0.364. The maximum Gasteiger partial charge on any atom is 0.337 e. The number of anilines is 2. The number of benzene rings is 4. The van der Waals surface area contributed by atoms with Crippen molar-refractivity contribution < 1.29 is 37.4 Å². The van der Waals surface area contributed by atoms with Crippen LogP contribution in [0.3, 0.4) is 0 Å². The minimum absolute atomic E-state index is 0.0143. The van der Waals surface area contributed by atoms with Crippen LogP contribution in [0.5, 0.6) is 0 Å². The molecule has 2 aliphatic rings. The van der Waals surface area contributed by atoms with Crippen molar-refractivity contribution in [3.63, 3.8) is 0 Å². The number of alkyl halides is 1. The number of hydrogen-bond donors (Lipinski definition) is 1. The first-order chi connectivity index (χ1) is 29.3. The topological polar surface area (TPSA) is 115 Å². The molecule has 12 nitrogen and oxygen atoms in total. The van der Waals surface area contributed by atoms with Gasteiger partial charge in [0, 0.05) is 84.7 Å². The number of ether oxygens (including phenoxy) is 2. The van der Waals surface area contributed by atoms with Crippen LogP contribution in [0.25, 0.3) is 0 Å². The smallest absolute Gasteiger partial charge is 0.337 e. The van der Waals surface area contributed by atoms with Crippen LogP contribution in [0.2, 0.25) is 10.0 Å². The number of halogens is 5. The van der Waals surface area contributed by atoms with Gasteiger partial charge >= 0.3 is 24.0 Å². The van der Waals surface area contributed by atoms with Gasteiger partial charge in [0.05, 0.1) is 31.9 Å². The molecule has 4 aromatic carbocycles. The van der Waals surface area contributed by atoms with Gasteiger partial charge in [-0.15, -0.1) is 0 Å². The van der Waals surface area contributed by atoms with E-state index in [1.165, 1.54) is 43.4 Å². The Morgan fingerprint density at radius 1 is 0.672 bits per heavy atom. The third-order valence-corrected chi connectivity index (χ3v) is 11.1. The van der Waals surface area contributed by atoms with E-state index in [1.807, 2.05) is 17.0 Å². The van der Waals surface area contributed by atoms with Gasteiger partial charge in [-0.2, -0.15) is 0 Å². The van der Waals surface area contributed by atoms with E-state index in [1.54, 1.807) is 47.4 Å². The summed E-state index contributed by atoms with van der Waals surface area (Å²) >= 11 is 15.2. The summed E-state index contributed by atoms with van der Waals surface area (Å²) in [7, 11) is 2.50. The van der Waals surface area contributed by atoms with E-state index < -0.39 is 23.6 Å². The average Bonchev–Trinajstić information content (AvgIpc) is 3.28. The van der Waals surface area contributed by atoms with Crippen LogP contribution in [0, 0.1) is 11.6 Å². The quantitative estimate of drug-likeness (QED) is 0.131. The number of likely N-dealkylation sites (N-methyl/N-ethyl adjacent to an activating group) is 2. The van der Waals surface area contributed by atoms with Gasteiger partial charge in [0.2, 0.25) is 0 Å². The zero-order valence-corrected chi connectivity index (χ0v) is 37.7. The minimum Gasteiger partial charge on any atom is -0.465 e. The maximum absolute atomic E-state index is 14.7. The molecule has 0 bridgehead atoms. The summed E-state index contributed by atoms with van der Waals surface area (Å²) in [6.45, 7) is 12.5. The maximum atomic E-state index is 14.7. The number of nitrogens with zero attached hydrogens (tertiary/aromatic N) is 5. The fourth-order valence-electron chi connectivity index (χ4n) is 6.37. The molecule has 4 aromatic rings. The normalized spacial score (nSPS) is 14.1. The number of amides is 4. The lowest BCUT2D eigenvalue weighted by Gasteiger charge is -2.37. The Bertz CT molecular complexity index is 2100. The van der Waals surface area contributed by atoms with E-state index in [-0.39, 0.29) is 29.7 Å². The molecule has 0 aromatic heterocycles. The number of carbonyl (C=O) groups excluding carboxylic acids is 4. The van der Waals surface area contributed by atoms with Crippen molar-refractivity contribution in [2.24, 2.45) is 0 Å². The third-order valence-electron chi connectivity index (χ3n) is 10.0. The van der Waals surface area contributed by atoms with Crippen LogP contribution in [0.4, 0.5) is 29.7 Å². The number of hydrogen-bond acceptors (Lipinski definition) is 8. The standard InChI is InChI=1S/C22H25ClFN3O3.C13H18ClN3O.C9H8BrFO2/c1-3-25-9-11-26(12-10-25)22(29)27(19-6-4-5-18(23)14-19)15-17-8-7-16(13-20(17)24)21(28)30-2;1-2-16-6-8-17(9-7-16)13(18)15-12-5-3-4-11(14)10-12;1-13-9(12)6-2-3-7(5-10)8(11)4-6/h4-8,13-14H,3,9-12,15H2,1-2H3;3-5,10H,2,6-9H2,1H3,(H,15,18);2-4H,5H2,1H3. The number of esters is 2. The van der Waals surface area contributed by atoms with Crippen molar-refractivity contribution in [3.8, 4) is 0 Å². The molecule has 1 N–H and O–H groups in total. The summed E-state index contributed by atoms with van der Waals surface area (Å²) in [6.07, 6.45) is 0. The Morgan fingerprint density at radius 2 is 1.16 bits per heavy atom. The molecule has 17 heteroatoms. The fourth-order valence-corrected chi connectivity index (χ4v) is 7.20. The highest BCUT2D eigenvalue weighted by atomic mass is 79.9. The molecule has 2 fully saturated rings. The van der Waals surface area contributed by atoms with Crippen molar-refractivity contribution in [1.82, 2.24) is 19.6 Å². The molecule has 2 aliphatic heterocycles. The second-order valence-electron chi connectivity index (χ2n) is 13.9. The SMILES string of the molecule is CCN1CCN(C(=O)N(Cc2ccc(C(=O)OC)cc2F)c2cccc(Cl)c2)CC1.CCN1CCN(C(=O)Nc2cccc(Cl)c2)CC1.COC(=O)c1ccc(CBr)c(F)c1. The Morgan fingerprint density at radius 3 is 1.62 bits per heavy atom. The Balaban J connectivity index is 0.000000223. The summed E-state index contributed by atoms with van der Waals surface area (Å²) in [5, 5.41) is 4.42. The molecule has 0 radical (unpaired) electrons. The zero-order valence-electron chi connectivity index (χ0n) is 34.6. The van der Waals surface area contributed by atoms with Gasteiger partial charge in [-0.25, -0.2) is 28.0 Å². The van der Waals surface area contributed by atoms with Crippen LogP contribution in [0.15, 0.2) is 84.9 Å². The van der Waals surface area contributed by atoms with Gasteiger partial charge in [-0.3, -0.25) is 4.90 Å². The van der Waals surface area contributed by atoms with Crippen molar-refractivity contribution >= 4 is 74.5 Å². The summed E-state index contributed by atoms with van der Waals surface area (Å²) < 4.78 is 36.9. The monoisotopic (exact) mass is 946 g/mol. The number of piperazine rings is 2. The molecule has 6 rings (SSSR count). The number of rotatable bonds is 9. The van der Waals surface area contributed by atoms with E-state index in [0.717, 1.165) is 64.1 Å². The van der Waals surface area contributed by atoms with E-state index in [9.17, 15) is 28.0 Å². The number of carbonyl (C=O) groups is 4. The molecule has 0 unspecified atom stereocenters. The lowest BCUT2D eigenvalue weighted by atomic mass is 10.1. The number of urea groups is 2. The van der Waals surface area contributed by atoms with Gasteiger partial charge in [0.25, 0.3) is 0 Å². The Labute approximate surface area is 374 Å². The molecule has 0 saturated carbocycles.